The van der Waals surface area contributed by atoms with Crippen LogP contribution in [0.15, 0.2) is 49.0 Å². The van der Waals surface area contributed by atoms with Crippen molar-refractivity contribution in [2.45, 2.75) is 11.8 Å². The second-order valence-electron chi connectivity index (χ2n) is 5.87. The smallest absolute Gasteiger partial charge is 0.332 e. The summed E-state index contributed by atoms with van der Waals surface area (Å²) in [5.74, 6) is -0.127. The minimum absolute atomic E-state index is 0.0122. The van der Waals surface area contributed by atoms with Gasteiger partial charge in [-0.25, -0.2) is 13.2 Å². The number of sulfonamides is 1. The maximum absolute atomic E-state index is 12.4. The molecule has 0 atom stereocenters. The number of nitrogen functional groups attached to an aromatic ring is 1. The summed E-state index contributed by atoms with van der Waals surface area (Å²) in [6.07, 6.45) is 0. The molecule has 1 aromatic carbocycles. The van der Waals surface area contributed by atoms with Gasteiger partial charge in [0.1, 0.15) is 10.8 Å². The highest BCUT2D eigenvalue weighted by Gasteiger charge is 2.16. The molecule has 0 aliphatic rings. The van der Waals surface area contributed by atoms with E-state index in [1.54, 1.807) is 6.92 Å². The molecular weight excluding hydrogens is 420 g/mol. The molecule has 29 heavy (non-hydrogen) atoms. The molecule has 14 heteroatoms. The minimum Gasteiger partial charge on any atom is -0.383 e. The number of azo groups is 1. The van der Waals surface area contributed by atoms with Crippen molar-refractivity contribution < 1.29 is 8.42 Å². The van der Waals surface area contributed by atoms with Crippen LogP contribution < -0.4 is 21.7 Å². The van der Waals surface area contributed by atoms with Crippen LogP contribution in [-0.2, 0) is 24.1 Å². The molecule has 0 spiro atoms. The molecule has 0 amide bonds. The standard InChI is InChI=1S/C15H16N8O4S2/c1-8-17-20-14(28-8)21-29(26,27)10-6-4-9(5-7-10)18-19-11-12(16)22(2)15(25)23(3)13(11)24/h4-7H,16H2,1-3H3,(H,20,21). The topological polar surface area (TPSA) is 167 Å². The van der Waals surface area contributed by atoms with Gasteiger partial charge in [0.2, 0.25) is 5.13 Å². The Morgan fingerprint density at radius 3 is 2.31 bits per heavy atom. The van der Waals surface area contributed by atoms with E-state index in [-0.39, 0.29) is 27.2 Å². The van der Waals surface area contributed by atoms with Crippen LogP contribution in [0.25, 0.3) is 0 Å². The number of hydrogen-bond donors (Lipinski definition) is 2. The number of anilines is 2. The van der Waals surface area contributed by atoms with E-state index in [2.05, 4.69) is 25.1 Å². The Morgan fingerprint density at radius 1 is 1.07 bits per heavy atom. The van der Waals surface area contributed by atoms with E-state index in [9.17, 15) is 18.0 Å². The van der Waals surface area contributed by atoms with Crippen LogP contribution >= 0.6 is 11.3 Å². The third kappa shape index (κ3) is 4.07. The van der Waals surface area contributed by atoms with Gasteiger partial charge >= 0.3 is 5.69 Å². The van der Waals surface area contributed by atoms with E-state index in [0.29, 0.717) is 5.01 Å². The summed E-state index contributed by atoms with van der Waals surface area (Å²) >= 11 is 1.11. The summed E-state index contributed by atoms with van der Waals surface area (Å²) in [6.45, 7) is 1.71. The number of aryl methyl sites for hydroxylation is 1. The molecule has 0 saturated carbocycles. The normalized spacial score (nSPS) is 11.8. The summed E-state index contributed by atoms with van der Waals surface area (Å²) in [5, 5.41) is 16.0. The van der Waals surface area contributed by atoms with Crippen molar-refractivity contribution in [3.8, 4) is 0 Å². The lowest BCUT2D eigenvalue weighted by Crippen LogP contribution is -2.37. The van der Waals surface area contributed by atoms with Crippen LogP contribution in [0, 0.1) is 6.92 Å². The first-order valence-electron chi connectivity index (χ1n) is 8.00. The SMILES string of the molecule is Cc1nnc(NS(=O)(=O)c2ccc(N=Nc3c(N)n(C)c(=O)n(C)c3=O)cc2)s1. The second-order valence-corrected chi connectivity index (χ2v) is 8.73. The van der Waals surface area contributed by atoms with Gasteiger partial charge in [-0.05, 0) is 31.2 Å². The monoisotopic (exact) mass is 436 g/mol. The van der Waals surface area contributed by atoms with Crippen molar-refractivity contribution in [2.24, 2.45) is 24.3 Å². The summed E-state index contributed by atoms with van der Waals surface area (Å²) in [5.41, 5.74) is 4.59. The van der Waals surface area contributed by atoms with Crippen LogP contribution in [-0.4, -0.2) is 27.7 Å². The van der Waals surface area contributed by atoms with Gasteiger partial charge in [-0.15, -0.1) is 15.3 Å². The third-order valence-corrected chi connectivity index (χ3v) is 6.08. The van der Waals surface area contributed by atoms with Crippen molar-refractivity contribution in [2.75, 3.05) is 10.5 Å². The molecule has 152 valence electrons. The van der Waals surface area contributed by atoms with Gasteiger partial charge in [0.15, 0.2) is 5.69 Å². The van der Waals surface area contributed by atoms with Crippen molar-refractivity contribution in [3.05, 3.63) is 50.1 Å². The Labute approximate surface area is 168 Å². The maximum atomic E-state index is 12.4. The average Bonchev–Trinajstić information content (AvgIpc) is 3.09. The summed E-state index contributed by atoms with van der Waals surface area (Å²) in [6, 6.07) is 5.47. The van der Waals surface area contributed by atoms with Crippen LogP contribution in [0.1, 0.15) is 5.01 Å². The van der Waals surface area contributed by atoms with Gasteiger partial charge in [0.05, 0.1) is 10.6 Å². The lowest BCUT2D eigenvalue weighted by molar-refractivity contribution is 0.601. The van der Waals surface area contributed by atoms with Gasteiger partial charge in [-0.1, -0.05) is 11.3 Å². The molecule has 0 aliphatic carbocycles. The van der Waals surface area contributed by atoms with E-state index in [1.807, 2.05) is 0 Å². The molecule has 3 aromatic rings. The molecule has 2 heterocycles. The van der Waals surface area contributed by atoms with Crippen molar-refractivity contribution in [3.63, 3.8) is 0 Å². The number of hydrogen-bond acceptors (Lipinski definition) is 10. The maximum Gasteiger partial charge on any atom is 0.332 e. The van der Waals surface area contributed by atoms with E-state index in [0.717, 1.165) is 20.5 Å². The molecular formula is C15H16N8O4S2. The lowest BCUT2D eigenvalue weighted by Gasteiger charge is -2.07. The minimum atomic E-state index is -3.84. The Morgan fingerprint density at radius 2 is 1.72 bits per heavy atom. The number of benzene rings is 1. The lowest BCUT2D eigenvalue weighted by atomic mass is 10.3. The largest absolute Gasteiger partial charge is 0.383 e. The zero-order chi connectivity index (χ0) is 21.3. The van der Waals surface area contributed by atoms with Crippen LogP contribution in [0.3, 0.4) is 0 Å². The van der Waals surface area contributed by atoms with Gasteiger partial charge in [-0.3, -0.25) is 18.7 Å². The average molecular weight is 436 g/mol. The van der Waals surface area contributed by atoms with Gasteiger partial charge < -0.3 is 5.73 Å². The van der Waals surface area contributed by atoms with E-state index in [1.165, 1.54) is 38.4 Å². The van der Waals surface area contributed by atoms with Crippen LogP contribution in [0.4, 0.5) is 22.3 Å². The molecule has 12 nitrogen and oxygen atoms in total. The fourth-order valence-corrected chi connectivity index (χ4v) is 4.07. The molecule has 2 aromatic heterocycles. The van der Waals surface area contributed by atoms with E-state index < -0.39 is 21.3 Å². The van der Waals surface area contributed by atoms with Crippen molar-refractivity contribution in [1.82, 2.24) is 19.3 Å². The predicted molar refractivity (Wildman–Crippen MR) is 107 cm³/mol. The molecule has 0 bridgehead atoms. The molecule has 0 unspecified atom stereocenters. The first kappa shape index (κ1) is 20.3. The molecule has 3 N–H and O–H groups in total. The van der Waals surface area contributed by atoms with E-state index in [4.69, 9.17) is 5.73 Å². The summed E-state index contributed by atoms with van der Waals surface area (Å²) in [4.78, 5) is 24.0. The van der Waals surface area contributed by atoms with Crippen molar-refractivity contribution in [1.29, 1.82) is 0 Å². The fraction of sp³-hybridized carbons (Fsp3) is 0.200. The zero-order valence-electron chi connectivity index (χ0n) is 15.5. The third-order valence-electron chi connectivity index (χ3n) is 3.85. The number of aromatic nitrogens is 4. The number of rotatable bonds is 5. The van der Waals surface area contributed by atoms with Gasteiger partial charge in [0.25, 0.3) is 15.6 Å². The Kier molecular flexibility index (Phi) is 5.30. The molecule has 0 saturated heterocycles. The number of nitrogens with zero attached hydrogens (tertiary/aromatic N) is 6. The first-order chi connectivity index (χ1) is 13.6. The fourth-order valence-electron chi connectivity index (χ4n) is 2.25. The number of nitrogens with two attached hydrogens (primary N) is 1. The quantitative estimate of drug-likeness (QED) is 0.563. The summed E-state index contributed by atoms with van der Waals surface area (Å²) < 4.78 is 29.0. The number of nitrogens with one attached hydrogen (secondary N) is 1. The van der Waals surface area contributed by atoms with Crippen LogP contribution in [0.2, 0.25) is 0 Å². The Balaban J connectivity index is 1.86. The second kappa shape index (κ2) is 7.56. The van der Waals surface area contributed by atoms with Crippen molar-refractivity contribution >= 4 is 43.7 Å². The highest BCUT2D eigenvalue weighted by molar-refractivity contribution is 7.93. The predicted octanol–water partition coefficient (Wildman–Crippen LogP) is 1.04. The zero-order valence-corrected chi connectivity index (χ0v) is 17.2. The highest BCUT2D eigenvalue weighted by atomic mass is 32.2. The van der Waals surface area contributed by atoms with Gasteiger partial charge in [0, 0.05) is 14.1 Å². The van der Waals surface area contributed by atoms with Crippen LogP contribution in [0.5, 0.6) is 0 Å². The van der Waals surface area contributed by atoms with E-state index >= 15 is 0 Å². The molecule has 0 fully saturated rings. The Bertz CT molecular complexity index is 1320. The van der Waals surface area contributed by atoms with Gasteiger partial charge in [-0.2, -0.15) is 5.11 Å². The first-order valence-corrected chi connectivity index (χ1v) is 10.3. The molecule has 3 rings (SSSR count). The Hall–Kier alpha value is -3.39. The molecule has 0 radical (unpaired) electrons. The highest BCUT2D eigenvalue weighted by Crippen LogP contribution is 2.23. The summed E-state index contributed by atoms with van der Waals surface area (Å²) in [7, 11) is -1.13. The molecule has 0 aliphatic heterocycles.